The highest BCUT2D eigenvalue weighted by Crippen LogP contribution is 2.35. The zero-order valence-electron chi connectivity index (χ0n) is 9.72. The summed E-state index contributed by atoms with van der Waals surface area (Å²) in [5, 5.41) is 21.7. The number of benzene rings is 1. The summed E-state index contributed by atoms with van der Waals surface area (Å²) in [6.45, 7) is 1.46. The summed E-state index contributed by atoms with van der Waals surface area (Å²) in [4.78, 5) is 10.6. The van der Waals surface area contributed by atoms with Crippen LogP contribution in [0.5, 0.6) is 5.75 Å². The number of nitrogens with zero attached hydrogens (tertiary/aromatic N) is 1. The second-order valence-corrected chi connectivity index (χ2v) is 3.91. The molecule has 1 aromatic heterocycles. The molecule has 19 heavy (non-hydrogen) atoms. The van der Waals surface area contributed by atoms with Gasteiger partial charge in [-0.25, -0.2) is 13.6 Å². The van der Waals surface area contributed by atoms with Crippen LogP contribution >= 0.6 is 0 Å². The minimum Gasteiger partial charge on any atom is -0.507 e. The van der Waals surface area contributed by atoms with Gasteiger partial charge in [0.05, 0.1) is 5.56 Å². The Hall–Kier alpha value is -2.44. The molecule has 7 heteroatoms. The van der Waals surface area contributed by atoms with Crippen LogP contribution in [-0.4, -0.2) is 21.3 Å². The highest BCUT2D eigenvalue weighted by molar-refractivity contribution is 5.85. The molecule has 2 rings (SSSR count). The van der Waals surface area contributed by atoms with E-state index in [4.69, 9.17) is 5.11 Å². The number of phenolic OH excluding ortho intramolecular Hbond substituents is 1. The number of aromatic nitrogens is 1. The predicted octanol–water partition coefficient (Wildman–Crippen LogP) is 2.99. The van der Waals surface area contributed by atoms with Crippen molar-refractivity contribution in [3.05, 3.63) is 35.1 Å². The maximum Gasteiger partial charge on any atom is 0.374 e. The van der Waals surface area contributed by atoms with Crippen molar-refractivity contribution in [3.63, 3.8) is 0 Å². The van der Waals surface area contributed by atoms with E-state index in [1.165, 1.54) is 13.0 Å². The zero-order valence-corrected chi connectivity index (χ0v) is 9.72. The third-order valence-electron chi connectivity index (χ3n) is 2.58. The number of hydrogen-bond acceptors (Lipinski definition) is 4. The molecule has 0 saturated carbocycles. The molecule has 0 atom stereocenters. The first-order valence-corrected chi connectivity index (χ1v) is 5.22. The smallest absolute Gasteiger partial charge is 0.374 e. The molecule has 0 radical (unpaired) electrons. The average Bonchev–Trinajstić information content (AvgIpc) is 2.81. The number of aryl methyl sites for hydroxylation is 1. The fourth-order valence-electron chi connectivity index (χ4n) is 1.63. The van der Waals surface area contributed by atoms with E-state index in [1.54, 1.807) is 0 Å². The summed E-state index contributed by atoms with van der Waals surface area (Å²) in [5.74, 6) is -2.18. The number of phenols is 1. The molecular formula is C12H9F2NO4. The van der Waals surface area contributed by atoms with Crippen molar-refractivity contribution in [1.82, 2.24) is 5.16 Å². The molecule has 0 spiro atoms. The van der Waals surface area contributed by atoms with Gasteiger partial charge in [-0.3, -0.25) is 0 Å². The summed E-state index contributed by atoms with van der Waals surface area (Å²) in [7, 11) is 0. The molecule has 0 fully saturated rings. The maximum atomic E-state index is 12.7. The Morgan fingerprint density at radius 3 is 2.58 bits per heavy atom. The van der Waals surface area contributed by atoms with E-state index < -0.39 is 23.7 Å². The molecule has 0 aliphatic carbocycles. The van der Waals surface area contributed by atoms with Crippen LogP contribution in [0.3, 0.4) is 0 Å². The lowest BCUT2D eigenvalue weighted by atomic mass is 10.0. The minimum absolute atomic E-state index is 0.113. The Kier molecular flexibility index (Phi) is 3.20. The van der Waals surface area contributed by atoms with Crippen LogP contribution in [0.4, 0.5) is 8.78 Å². The first-order valence-electron chi connectivity index (χ1n) is 5.22. The average molecular weight is 269 g/mol. The number of carboxylic acid groups (broad SMARTS) is 1. The molecule has 1 aromatic carbocycles. The molecule has 5 nitrogen and oxygen atoms in total. The number of hydrogen-bond donors (Lipinski definition) is 2. The van der Waals surface area contributed by atoms with Crippen molar-refractivity contribution in [2.75, 3.05) is 0 Å². The van der Waals surface area contributed by atoms with Gasteiger partial charge in [0, 0.05) is 11.6 Å². The Morgan fingerprint density at radius 1 is 1.37 bits per heavy atom. The summed E-state index contributed by atoms with van der Waals surface area (Å²) in [6.07, 6.45) is -2.84. The molecule has 0 bridgehead atoms. The van der Waals surface area contributed by atoms with Gasteiger partial charge in [0.25, 0.3) is 6.43 Å². The molecule has 0 aliphatic heterocycles. The molecule has 1 heterocycles. The van der Waals surface area contributed by atoms with E-state index in [0.717, 1.165) is 12.1 Å². The SMILES string of the molecule is Cc1cc(-c2cc(C(=O)O)on2)cc(C(F)F)c1O. The van der Waals surface area contributed by atoms with Crippen LogP contribution in [0.25, 0.3) is 11.3 Å². The fourth-order valence-corrected chi connectivity index (χ4v) is 1.63. The number of aromatic carboxylic acids is 1. The van der Waals surface area contributed by atoms with Gasteiger partial charge in [0.1, 0.15) is 11.4 Å². The van der Waals surface area contributed by atoms with Crippen molar-refractivity contribution in [2.45, 2.75) is 13.3 Å². The zero-order chi connectivity index (χ0) is 14.2. The lowest BCUT2D eigenvalue weighted by Crippen LogP contribution is -1.92. The lowest BCUT2D eigenvalue weighted by molar-refractivity contribution is 0.0652. The molecule has 0 aliphatic rings. The van der Waals surface area contributed by atoms with Gasteiger partial charge in [0.2, 0.25) is 5.76 Å². The lowest BCUT2D eigenvalue weighted by Gasteiger charge is -2.08. The van der Waals surface area contributed by atoms with Gasteiger partial charge in [-0.2, -0.15) is 0 Å². The number of alkyl halides is 2. The summed E-state index contributed by atoms with van der Waals surface area (Å²) >= 11 is 0. The van der Waals surface area contributed by atoms with Crippen molar-refractivity contribution >= 4 is 5.97 Å². The highest BCUT2D eigenvalue weighted by atomic mass is 19.3. The third-order valence-corrected chi connectivity index (χ3v) is 2.58. The molecule has 0 unspecified atom stereocenters. The van der Waals surface area contributed by atoms with E-state index in [0.29, 0.717) is 0 Å². The van der Waals surface area contributed by atoms with Crippen LogP contribution < -0.4 is 0 Å². The molecular weight excluding hydrogens is 260 g/mol. The van der Waals surface area contributed by atoms with E-state index in [1.807, 2.05) is 0 Å². The monoisotopic (exact) mass is 269 g/mol. The normalized spacial score (nSPS) is 10.9. The van der Waals surface area contributed by atoms with Crippen molar-refractivity contribution in [1.29, 1.82) is 0 Å². The summed E-state index contributed by atoms with van der Waals surface area (Å²) in [5.41, 5.74) is 0.0757. The van der Waals surface area contributed by atoms with Crippen molar-refractivity contribution in [2.24, 2.45) is 0 Å². The quantitative estimate of drug-likeness (QED) is 0.894. The first kappa shape index (κ1) is 13.0. The van der Waals surface area contributed by atoms with Gasteiger partial charge >= 0.3 is 5.97 Å². The largest absolute Gasteiger partial charge is 0.507 e. The second-order valence-electron chi connectivity index (χ2n) is 3.91. The Morgan fingerprint density at radius 2 is 2.05 bits per heavy atom. The van der Waals surface area contributed by atoms with E-state index in [-0.39, 0.29) is 22.6 Å². The van der Waals surface area contributed by atoms with E-state index in [9.17, 15) is 18.7 Å². The highest BCUT2D eigenvalue weighted by Gasteiger charge is 2.19. The molecule has 2 aromatic rings. The Bertz CT molecular complexity index is 637. The number of carboxylic acids is 1. The van der Waals surface area contributed by atoms with E-state index >= 15 is 0 Å². The number of aromatic hydroxyl groups is 1. The van der Waals surface area contributed by atoms with Crippen molar-refractivity contribution < 1.29 is 28.3 Å². The first-order chi connectivity index (χ1) is 8.90. The number of halogens is 2. The third kappa shape index (κ3) is 2.40. The van der Waals surface area contributed by atoms with Crippen LogP contribution in [0.15, 0.2) is 22.7 Å². The Labute approximate surface area is 106 Å². The maximum absolute atomic E-state index is 12.7. The molecule has 100 valence electrons. The predicted molar refractivity (Wildman–Crippen MR) is 60.3 cm³/mol. The van der Waals surface area contributed by atoms with Crippen LogP contribution in [0.2, 0.25) is 0 Å². The summed E-state index contributed by atoms with van der Waals surface area (Å²) in [6, 6.07) is 3.60. The molecule has 0 amide bonds. The molecule has 0 saturated heterocycles. The topological polar surface area (TPSA) is 83.6 Å². The van der Waals surface area contributed by atoms with Crippen molar-refractivity contribution in [3.8, 4) is 17.0 Å². The fraction of sp³-hybridized carbons (Fsp3) is 0.167. The van der Waals surface area contributed by atoms with Gasteiger partial charge in [-0.05, 0) is 24.6 Å². The number of rotatable bonds is 3. The van der Waals surface area contributed by atoms with Crippen LogP contribution in [-0.2, 0) is 0 Å². The van der Waals surface area contributed by atoms with Crippen LogP contribution in [0.1, 0.15) is 28.1 Å². The van der Waals surface area contributed by atoms with Crippen LogP contribution in [0, 0.1) is 6.92 Å². The van der Waals surface area contributed by atoms with Gasteiger partial charge in [0.15, 0.2) is 0 Å². The number of carbonyl (C=O) groups is 1. The Balaban J connectivity index is 2.53. The van der Waals surface area contributed by atoms with Gasteiger partial charge in [-0.1, -0.05) is 5.16 Å². The summed E-state index contributed by atoms with van der Waals surface area (Å²) < 4.78 is 30.0. The second kappa shape index (κ2) is 4.68. The van der Waals surface area contributed by atoms with Gasteiger partial charge < -0.3 is 14.7 Å². The van der Waals surface area contributed by atoms with Gasteiger partial charge in [-0.15, -0.1) is 0 Å². The molecule has 2 N–H and O–H groups in total. The standard InChI is InChI=1S/C12H9F2NO4/c1-5-2-6(3-7(10(5)16)11(13)14)8-4-9(12(17)18)19-15-8/h2-4,11,16H,1H3,(H,17,18). The van der Waals surface area contributed by atoms with E-state index in [2.05, 4.69) is 9.68 Å². The minimum atomic E-state index is -2.84.